The number of aromatic nitrogens is 2. The topological polar surface area (TPSA) is 130 Å². The van der Waals surface area contributed by atoms with Gasteiger partial charge in [0, 0.05) is 50.7 Å². The highest BCUT2D eigenvalue weighted by molar-refractivity contribution is 6.43. The molecule has 0 atom stereocenters. The number of carbonyl (C=O) groups excluding carboxylic acids is 2. The van der Waals surface area contributed by atoms with E-state index in [0.29, 0.717) is 54.3 Å². The summed E-state index contributed by atoms with van der Waals surface area (Å²) in [6.07, 6.45) is 14.5. The number of nitrogens with zero attached hydrogens (tertiary/aromatic N) is 4. The van der Waals surface area contributed by atoms with Gasteiger partial charge in [0.05, 0.1) is 16.9 Å². The van der Waals surface area contributed by atoms with Crippen LogP contribution in [0, 0.1) is 5.82 Å². The second kappa shape index (κ2) is 21.9. The van der Waals surface area contributed by atoms with E-state index in [1.807, 2.05) is 24.3 Å². The first kappa shape index (κ1) is 44.5. The highest BCUT2D eigenvalue weighted by Crippen LogP contribution is 2.26. The van der Waals surface area contributed by atoms with Gasteiger partial charge < -0.3 is 16.0 Å². The molecular weight excluding hydrogens is 718 g/mol. The van der Waals surface area contributed by atoms with Gasteiger partial charge in [0.1, 0.15) is 17.4 Å². The van der Waals surface area contributed by atoms with Gasteiger partial charge in [0.2, 0.25) is 5.91 Å². The summed E-state index contributed by atoms with van der Waals surface area (Å²) in [6, 6.07) is 13.8. The zero-order valence-corrected chi connectivity index (χ0v) is 34.7. The van der Waals surface area contributed by atoms with Crippen molar-refractivity contribution < 1.29 is 14.0 Å². The molecule has 2 amide bonds. The summed E-state index contributed by atoms with van der Waals surface area (Å²) in [5.74, 6) is -0.408. The molecule has 0 bridgehead atoms. The minimum absolute atomic E-state index is 0.0168. The number of unbranched alkanes of at least 4 members (excludes halogenated alkanes) is 10. The van der Waals surface area contributed by atoms with Crippen molar-refractivity contribution in [3.05, 3.63) is 112 Å². The molecule has 1 aliphatic rings. The Morgan fingerprint density at radius 3 is 2.12 bits per heavy atom. The Hall–Kier alpha value is -5.19. The summed E-state index contributed by atoms with van der Waals surface area (Å²) >= 11 is 0. The smallest absolute Gasteiger partial charge is 0.268 e. The van der Waals surface area contributed by atoms with Gasteiger partial charge >= 0.3 is 0 Å². The van der Waals surface area contributed by atoms with Crippen LogP contribution < -0.4 is 21.5 Å². The largest absolute Gasteiger partial charge is 0.380 e. The number of allylic oxidation sites excluding steroid dienone is 1. The number of carbonyl (C=O) groups is 2. The van der Waals surface area contributed by atoms with Gasteiger partial charge in [-0.15, -0.1) is 5.10 Å². The molecule has 1 aliphatic heterocycles. The van der Waals surface area contributed by atoms with Crippen molar-refractivity contribution in [2.24, 2.45) is 17.3 Å². The van der Waals surface area contributed by atoms with Crippen molar-refractivity contribution in [2.45, 2.75) is 136 Å². The molecular formula is C46H62FN7O3. The predicted molar refractivity (Wildman–Crippen MR) is 230 cm³/mol. The molecule has 306 valence electrons. The van der Waals surface area contributed by atoms with Crippen LogP contribution in [0.4, 0.5) is 4.39 Å². The first-order valence-corrected chi connectivity index (χ1v) is 20.5. The number of hydrogen-bond donors (Lipinski definition) is 3. The Bertz CT molecular complexity index is 2000. The molecule has 3 aromatic rings. The fourth-order valence-electron chi connectivity index (χ4n) is 7.07. The SMILES string of the molecule is C=C(Cc1c(C(=C)NCc2ccc(F)cc2)nc(C(C)(C)NC(=O)C2=NN=C(C)C2)n(C)c1=O)c1ccccc1CNC(=O)CCCCCCCCCCCCC. The molecule has 11 heteroatoms. The lowest BCUT2D eigenvalue weighted by Crippen LogP contribution is -2.48. The lowest BCUT2D eigenvalue weighted by molar-refractivity contribution is -0.121. The summed E-state index contributed by atoms with van der Waals surface area (Å²) in [4.78, 5) is 45.3. The normalized spacial score (nSPS) is 12.5. The van der Waals surface area contributed by atoms with E-state index < -0.39 is 11.4 Å². The Balaban J connectivity index is 1.46. The van der Waals surface area contributed by atoms with Crippen LogP contribution in [0.3, 0.4) is 0 Å². The summed E-state index contributed by atoms with van der Waals surface area (Å²) in [5.41, 5.74) is 3.90. The molecule has 0 radical (unpaired) electrons. The van der Waals surface area contributed by atoms with Gasteiger partial charge in [-0.2, -0.15) is 5.10 Å². The Kier molecular flexibility index (Phi) is 17.1. The van der Waals surface area contributed by atoms with Crippen molar-refractivity contribution in [3.8, 4) is 0 Å². The maximum absolute atomic E-state index is 14.3. The van der Waals surface area contributed by atoms with Gasteiger partial charge in [0.15, 0.2) is 0 Å². The van der Waals surface area contributed by atoms with E-state index >= 15 is 0 Å². The van der Waals surface area contributed by atoms with Gasteiger partial charge in [-0.25, -0.2) is 9.37 Å². The molecule has 0 unspecified atom stereocenters. The fraction of sp³-hybridized carbons (Fsp3) is 0.478. The molecule has 0 fully saturated rings. The number of rotatable bonds is 24. The predicted octanol–water partition coefficient (Wildman–Crippen LogP) is 8.83. The third kappa shape index (κ3) is 13.5. The number of halogens is 1. The summed E-state index contributed by atoms with van der Waals surface area (Å²) in [7, 11) is 1.63. The minimum Gasteiger partial charge on any atom is -0.380 e. The summed E-state index contributed by atoms with van der Waals surface area (Å²) in [5, 5.41) is 17.3. The average Bonchev–Trinajstić information content (AvgIpc) is 3.63. The van der Waals surface area contributed by atoms with E-state index in [4.69, 9.17) is 4.98 Å². The molecule has 2 aromatic carbocycles. The summed E-state index contributed by atoms with van der Waals surface area (Å²) < 4.78 is 15.1. The van der Waals surface area contributed by atoms with Crippen LogP contribution in [0.5, 0.6) is 0 Å². The molecule has 57 heavy (non-hydrogen) atoms. The van der Waals surface area contributed by atoms with Crippen LogP contribution in [0.25, 0.3) is 11.3 Å². The molecule has 0 aliphatic carbocycles. The van der Waals surface area contributed by atoms with Gasteiger partial charge in [-0.1, -0.05) is 121 Å². The lowest BCUT2D eigenvalue weighted by Gasteiger charge is -2.29. The van der Waals surface area contributed by atoms with Crippen molar-refractivity contribution in [2.75, 3.05) is 0 Å². The Morgan fingerprint density at radius 1 is 0.860 bits per heavy atom. The van der Waals surface area contributed by atoms with Crippen LogP contribution in [0.15, 0.2) is 76.7 Å². The van der Waals surface area contributed by atoms with Crippen LogP contribution in [-0.4, -0.2) is 32.8 Å². The molecule has 0 saturated heterocycles. The van der Waals surface area contributed by atoms with E-state index in [1.54, 1.807) is 40.0 Å². The van der Waals surface area contributed by atoms with Crippen LogP contribution in [0.1, 0.15) is 145 Å². The van der Waals surface area contributed by atoms with E-state index in [1.165, 1.54) is 68.1 Å². The van der Waals surface area contributed by atoms with Crippen molar-refractivity contribution in [1.29, 1.82) is 0 Å². The third-order valence-electron chi connectivity index (χ3n) is 10.4. The first-order chi connectivity index (χ1) is 27.3. The summed E-state index contributed by atoms with van der Waals surface area (Å²) in [6.45, 7) is 16.9. The number of hydrogen-bond acceptors (Lipinski definition) is 7. The Morgan fingerprint density at radius 2 is 1.49 bits per heavy atom. The van der Waals surface area contributed by atoms with E-state index in [2.05, 4.69) is 46.2 Å². The number of amides is 2. The second-order valence-electron chi connectivity index (χ2n) is 15.7. The van der Waals surface area contributed by atoms with E-state index in [9.17, 15) is 18.8 Å². The fourth-order valence-corrected chi connectivity index (χ4v) is 7.07. The van der Waals surface area contributed by atoms with Crippen molar-refractivity contribution in [1.82, 2.24) is 25.5 Å². The van der Waals surface area contributed by atoms with Gasteiger partial charge in [-0.3, -0.25) is 19.0 Å². The first-order valence-electron chi connectivity index (χ1n) is 20.5. The maximum Gasteiger partial charge on any atom is 0.268 e. The molecule has 3 N–H and O–H groups in total. The zero-order valence-electron chi connectivity index (χ0n) is 34.7. The van der Waals surface area contributed by atoms with E-state index in [-0.39, 0.29) is 29.4 Å². The molecule has 1 aromatic heterocycles. The highest BCUT2D eigenvalue weighted by Gasteiger charge is 2.32. The quantitative estimate of drug-likeness (QED) is 0.0783. The lowest BCUT2D eigenvalue weighted by atomic mass is 9.94. The zero-order chi connectivity index (χ0) is 41.4. The van der Waals surface area contributed by atoms with Crippen LogP contribution in [-0.2, 0) is 41.7 Å². The van der Waals surface area contributed by atoms with Crippen LogP contribution in [0.2, 0.25) is 0 Å². The highest BCUT2D eigenvalue weighted by atomic mass is 19.1. The number of benzene rings is 2. The molecule has 0 saturated carbocycles. The van der Waals surface area contributed by atoms with Crippen LogP contribution >= 0.6 is 0 Å². The van der Waals surface area contributed by atoms with Gasteiger partial charge in [-0.05, 0) is 61.6 Å². The number of nitrogens with one attached hydrogen (secondary N) is 3. The monoisotopic (exact) mass is 779 g/mol. The average molecular weight is 780 g/mol. The van der Waals surface area contributed by atoms with Crippen molar-refractivity contribution >= 4 is 34.5 Å². The molecule has 0 spiro atoms. The molecule has 2 heterocycles. The second-order valence-corrected chi connectivity index (χ2v) is 15.7. The molecule has 4 rings (SSSR count). The molecule has 10 nitrogen and oxygen atoms in total. The Labute approximate surface area is 338 Å². The van der Waals surface area contributed by atoms with E-state index in [0.717, 1.165) is 41.7 Å². The standard InChI is InChI=1S/C46H62FN7O3/c1-8-9-10-11-12-13-14-15-16-17-18-23-41(55)49-31-36-21-19-20-22-38(36)32(2)28-39-42(34(4)48-30-35-24-26-37(47)27-25-35)50-45(54(7)44(39)57)46(5,6)51-43(56)40-29-33(3)52-53-40/h19-22,24-27,48H,2,4,8-18,23,28-31H2,1,3,5-7H3,(H,49,55)(H,51,56). The third-order valence-corrected chi connectivity index (χ3v) is 10.4. The van der Waals surface area contributed by atoms with Crippen molar-refractivity contribution in [3.63, 3.8) is 0 Å². The minimum atomic E-state index is -1.09. The maximum atomic E-state index is 14.3. The van der Waals surface area contributed by atoms with Gasteiger partial charge in [0.25, 0.3) is 11.5 Å².